The molecule has 0 fully saturated rings. The van der Waals surface area contributed by atoms with E-state index in [0.717, 1.165) is 30.0 Å². The molecule has 1 atom stereocenters. The molecule has 0 spiro atoms. The molecule has 2 N–H and O–H groups in total. The largest absolute Gasteiger partial charge is 0.486 e. The number of amides is 1. The van der Waals surface area contributed by atoms with Gasteiger partial charge >= 0.3 is 0 Å². The molecular formula is C16H22N2O3. The molecule has 5 heteroatoms. The van der Waals surface area contributed by atoms with Crippen LogP contribution in [0.3, 0.4) is 0 Å². The first-order valence-corrected chi connectivity index (χ1v) is 7.21. The van der Waals surface area contributed by atoms with Crippen LogP contribution < -0.4 is 20.1 Å². The van der Waals surface area contributed by atoms with Crippen LogP contribution in [0.4, 0.5) is 0 Å². The second kappa shape index (κ2) is 7.69. The first-order chi connectivity index (χ1) is 10.2. The molecule has 1 aromatic carbocycles. The van der Waals surface area contributed by atoms with Gasteiger partial charge in [-0.2, -0.15) is 0 Å². The summed E-state index contributed by atoms with van der Waals surface area (Å²) in [7, 11) is 0. The summed E-state index contributed by atoms with van der Waals surface area (Å²) in [5.41, 5.74) is 1.16. The first kappa shape index (κ1) is 15.4. The third-order valence-corrected chi connectivity index (χ3v) is 3.28. The van der Waals surface area contributed by atoms with Gasteiger partial charge in [0.15, 0.2) is 11.5 Å². The van der Waals surface area contributed by atoms with Crippen LogP contribution >= 0.6 is 0 Å². The molecular weight excluding hydrogens is 268 g/mol. The molecule has 0 aromatic heterocycles. The summed E-state index contributed by atoms with van der Waals surface area (Å²) >= 11 is 0. The summed E-state index contributed by atoms with van der Waals surface area (Å²) in [6, 6.07) is 5.74. The smallest absolute Gasteiger partial charge is 0.237 e. The Morgan fingerprint density at radius 3 is 2.90 bits per heavy atom. The van der Waals surface area contributed by atoms with E-state index in [1.54, 1.807) is 6.08 Å². The molecule has 2 rings (SSSR count). The molecule has 0 aliphatic carbocycles. The first-order valence-electron chi connectivity index (χ1n) is 7.21. The Hall–Kier alpha value is -2.01. The van der Waals surface area contributed by atoms with Crippen LogP contribution in [0.2, 0.25) is 0 Å². The van der Waals surface area contributed by atoms with Crippen LogP contribution in [0.5, 0.6) is 11.5 Å². The van der Waals surface area contributed by atoms with Crippen molar-refractivity contribution >= 4 is 5.91 Å². The Bertz CT molecular complexity index is 502. The maximum Gasteiger partial charge on any atom is 0.237 e. The molecule has 1 unspecified atom stereocenters. The average Bonchev–Trinajstić information content (AvgIpc) is 2.52. The Morgan fingerprint density at radius 1 is 1.38 bits per heavy atom. The van der Waals surface area contributed by atoms with Crippen LogP contribution in [-0.2, 0) is 11.2 Å². The van der Waals surface area contributed by atoms with Gasteiger partial charge in [0.25, 0.3) is 0 Å². The predicted octanol–water partition coefficient (Wildman–Crippen LogP) is 1.28. The molecule has 1 aliphatic heterocycles. The molecule has 1 amide bonds. The van der Waals surface area contributed by atoms with E-state index in [1.165, 1.54) is 0 Å². The summed E-state index contributed by atoms with van der Waals surface area (Å²) in [6.07, 6.45) is 2.50. The molecule has 1 aromatic rings. The zero-order valence-electron chi connectivity index (χ0n) is 12.4. The van der Waals surface area contributed by atoms with Gasteiger partial charge in [0, 0.05) is 6.54 Å². The summed E-state index contributed by atoms with van der Waals surface area (Å²) in [5, 5.41) is 5.97. The number of hydrogen-bond donors (Lipinski definition) is 2. The minimum Gasteiger partial charge on any atom is -0.486 e. The molecule has 0 saturated carbocycles. The molecule has 1 heterocycles. The lowest BCUT2D eigenvalue weighted by atomic mass is 10.1. The van der Waals surface area contributed by atoms with Gasteiger partial charge in [-0.1, -0.05) is 12.1 Å². The van der Waals surface area contributed by atoms with Crippen LogP contribution in [-0.4, -0.2) is 38.3 Å². The topological polar surface area (TPSA) is 59.6 Å². The van der Waals surface area contributed by atoms with Crippen molar-refractivity contribution in [3.8, 4) is 11.5 Å². The number of fused-ring (bicyclic) bond motifs is 1. The average molecular weight is 290 g/mol. The predicted molar refractivity (Wildman–Crippen MR) is 81.8 cm³/mol. The minimum atomic E-state index is -0.220. The third kappa shape index (κ3) is 4.49. The van der Waals surface area contributed by atoms with Crippen LogP contribution in [0.15, 0.2) is 30.9 Å². The lowest BCUT2D eigenvalue weighted by Gasteiger charge is -2.19. The monoisotopic (exact) mass is 290 g/mol. The number of carbonyl (C=O) groups is 1. The molecule has 0 bridgehead atoms. The van der Waals surface area contributed by atoms with Gasteiger partial charge in [-0.25, -0.2) is 0 Å². The quantitative estimate of drug-likeness (QED) is 0.743. The summed E-state index contributed by atoms with van der Waals surface area (Å²) in [4.78, 5) is 11.7. The van der Waals surface area contributed by atoms with Gasteiger partial charge in [0.05, 0.1) is 6.04 Å². The summed E-state index contributed by atoms with van der Waals surface area (Å²) < 4.78 is 11.0. The molecule has 0 saturated heterocycles. The van der Waals surface area contributed by atoms with E-state index < -0.39 is 0 Å². The van der Waals surface area contributed by atoms with Crippen LogP contribution in [0.25, 0.3) is 0 Å². The maximum atomic E-state index is 11.7. The van der Waals surface area contributed by atoms with E-state index in [4.69, 9.17) is 9.47 Å². The van der Waals surface area contributed by atoms with Gasteiger partial charge in [0.1, 0.15) is 13.2 Å². The number of carbonyl (C=O) groups excluding carboxylic acids is 1. The highest BCUT2D eigenvalue weighted by Gasteiger charge is 2.13. The van der Waals surface area contributed by atoms with Crippen molar-refractivity contribution in [1.82, 2.24) is 10.6 Å². The Morgan fingerprint density at radius 2 is 2.14 bits per heavy atom. The molecule has 114 valence electrons. The SMILES string of the molecule is C=CCNC(=O)C(C)NCCc1ccc2c(c1)OCCO2. The van der Waals surface area contributed by atoms with Gasteiger partial charge < -0.3 is 20.1 Å². The Labute approximate surface area is 125 Å². The number of hydrogen-bond acceptors (Lipinski definition) is 4. The van der Waals surface area contributed by atoms with Gasteiger partial charge in [0.2, 0.25) is 5.91 Å². The third-order valence-electron chi connectivity index (χ3n) is 3.28. The lowest BCUT2D eigenvalue weighted by Crippen LogP contribution is -2.42. The molecule has 1 aliphatic rings. The van der Waals surface area contributed by atoms with Crippen molar-refractivity contribution in [3.05, 3.63) is 36.4 Å². The minimum absolute atomic E-state index is 0.0166. The van der Waals surface area contributed by atoms with E-state index in [9.17, 15) is 4.79 Å². The standard InChI is InChI=1S/C16H22N2O3/c1-3-7-18-16(19)12(2)17-8-6-13-4-5-14-15(11-13)21-10-9-20-14/h3-5,11-12,17H,1,6-10H2,2H3,(H,18,19). The zero-order valence-corrected chi connectivity index (χ0v) is 12.4. The lowest BCUT2D eigenvalue weighted by molar-refractivity contribution is -0.122. The zero-order chi connectivity index (χ0) is 15.1. The van der Waals surface area contributed by atoms with E-state index in [2.05, 4.69) is 17.2 Å². The van der Waals surface area contributed by atoms with E-state index in [0.29, 0.717) is 19.8 Å². The van der Waals surface area contributed by atoms with Crippen molar-refractivity contribution in [2.24, 2.45) is 0 Å². The normalized spacial score (nSPS) is 14.3. The van der Waals surface area contributed by atoms with Crippen molar-refractivity contribution in [2.75, 3.05) is 26.3 Å². The van der Waals surface area contributed by atoms with Gasteiger partial charge in [-0.05, 0) is 37.6 Å². The fourth-order valence-electron chi connectivity index (χ4n) is 2.09. The molecule has 21 heavy (non-hydrogen) atoms. The van der Waals surface area contributed by atoms with Crippen LogP contribution in [0, 0.1) is 0 Å². The second-order valence-corrected chi connectivity index (χ2v) is 4.94. The maximum absolute atomic E-state index is 11.7. The summed E-state index contributed by atoms with van der Waals surface area (Å²) in [5.74, 6) is 1.59. The number of nitrogens with one attached hydrogen (secondary N) is 2. The second-order valence-electron chi connectivity index (χ2n) is 4.94. The van der Waals surface area contributed by atoms with Crippen molar-refractivity contribution in [1.29, 1.82) is 0 Å². The molecule has 5 nitrogen and oxygen atoms in total. The highest BCUT2D eigenvalue weighted by molar-refractivity contribution is 5.81. The Kier molecular flexibility index (Phi) is 5.63. The number of benzene rings is 1. The van der Waals surface area contributed by atoms with E-state index in [1.807, 2.05) is 25.1 Å². The van der Waals surface area contributed by atoms with Gasteiger partial charge in [-0.15, -0.1) is 6.58 Å². The number of rotatable bonds is 7. The highest BCUT2D eigenvalue weighted by Crippen LogP contribution is 2.30. The number of ether oxygens (including phenoxy) is 2. The molecule has 0 radical (unpaired) electrons. The van der Waals surface area contributed by atoms with Crippen molar-refractivity contribution in [2.45, 2.75) is 19.4 Å². The van der Waals surface area contributed by atoms with Crippen molar-refractivity contribution in [3.63, 3.8) is 0 Å². The summed E-state index contributed by atoms with van der Waals surface area (Å²) in [6.45, 7) is 7.83. The van der Waals surface area contributed by atoms with Crippen molar-refractivity contribution < 1.29 is 14.3 Å². The Balaban J connectivity index is 1.78. The van der Waals surface area contributed by atoms with E-state index >= 15 is 0 Å². The highest BCUT2D eigenvalue weighted by atomic mass is 16.6. The van der Waals surface area contributed by atoms with E-state index in [-0.39, 0.29) is 11.9 Å². The van der Waals surface area contributed by atoms with Gasteiger partial charge in [-0.3, -0.25) is 4.79 Å². The fourth-order valence-corrected chi connectivity index (χ4v) is 2.09. The van der Waals surface area contributed by atoms with Crippen LogP contribution in [0.1, 0.15) is 12.5 Å². The fraction of sp³-hybridized carbons (Fsp3) is 0.438.